The summed E-state index contributed by atoms with van der Waals surface area (Å²) in [5, 5.41) is 8.08. The van der Waals surface area contributed by atoms with Crippen LogP contribution in [0.3, 0.4) is 0 Å². The van der Waals surface area contributed by atoms with Crippen molar-refractivity contribution in [2.24, 2.45) is 7.05 Å². The van der Waals surface area contributed by atoms with Crippen molar-refractivity contribution >= 4 is 16.9 Å². The molecule has 0 bridgehead atoms. The first-order chi connectivity index (χ1) is 10.7. The number of fused-ring (bicyclic) bond motifs is 1. The molecule has 1 fully saturated rings. The number of carbonyl (C=O) groups excluding carboxylic acids is 1. The van der Waals surface area contributed by atoms with Crippen LogP contribution in [0.4, 0.5) is 0 Å². The van der Waals surface area contributed by atoms with E-state index in [1.54, 1.807) is 10.9 Å². The molecule has 5 nitrogen and oxygen atoms in total. The number of hydrogen-bond donors (Lipinski definition) is 1. The molecule has 2 heterocycles. The number of nitrogens with one attached hydrogen (secondary N) is 1. The van der Waals surface area contributed by atoms with Gasteiger partial charge in [-0.05, 0) is 18.9 Å². The molecule has 0 spiro atoms. The maximum absolute atomic E-state index is 12.5. The number of nitrogens with zero attached hydrogens (tertiary/aromatic N) is 3. The van der Waals surface area contributed by atoms with E-state index in [-0.39, 0.29) is 5.91 Å². The first-order valence-electron chi connectivity index (χ1n) is 7.41. The predicted octanol–water partition coefficient (Wildman–Crippen LogP) is 2.53. The van der Waals surface area contributed by atoms with Crippen LogP contribution in [0.15, 0.2) is 42.6 Å². The van der Waals surface area contributed by atoms with Crippen LogP contribution in [-0.2, 0) is 7.05 Å². The smallest absolute Gasteiger partial charge is 0.252 e. The number of rotatable bonds is 3. The lowest BCUT2D eigenvalue weighted by Gasteiger charge is -2.08. The average molecular weight is 292 g/mol. The Hall–Kier alpha value is -2.69. The number of aryl methyl sites for hydroxylation is 1. The molecular weight excluding hydrogens is 276 g/mol. The van der Waals surface area contributed by atoms with E-state index in [4.69, 9.17) is 0 Å². The van der Waals surface area contributed by atoms with Gasteiger partial charge in [-0.2, -0.15) is 5.10 Å². The van der Waals surface area contributed by atoms with E-state index in [1.165, 1.54) is 0 Å². The van der Waals surface area contributed by atoms with Gasteiger partial charge in [0, 0.05) is 18.7 Å². The van der Waals surface area contributed by atoms with Gasteiger partial charge < -0.3 is 5.32 Å². The molecule has 0 aliphatic heterocycles. The SMILES string of the molecule is Cn1ncc2c(C(=O)NC3CC3)cc(-c3ccccc3)nc21. The molecule has 1 aliphatic rings. The van der Waals surface area contributed by atoms with Crippen molar-refractivity contribution in [3.63, 3.8) is 0 Å². The normalized spacial score (nSPS) is 14.2. The predicted molar refractivity (Wildman–Crippen MR) is 84.4 cm³/mol. The Bertz CT molecular complexity index is 850. The van der Waals surface area contributed by atoms with E-state index in [1.807, 2.05) is 43.4 Å². The lowest BCUT2D eigenvalue weighted by atomic mass is 10.1. The maximum Gasteiger partial charge on any atom is 0.252 e. The summed E-state index contributed by atoms with van der Waals surface area (Å²) in [5.41, 5.74) is 3.15. The summed E-state index contributed by atoms with van der Waals surface area (Å²) in [4.78, 5) is 17.2. The first kappa shape index (κ1) is 13.0. The number of pyridine rings is 1. The number of benzene rings is 1. The van der Waals surface area contributed by atoms with Crippen LogP contribution in [0.1, 0.15) is 23.2 Å². The molecule has 110 valence electrons. The lowest BCUT2D eigenvalue weighted by Crippen LogP contribution is -2.25. The fraction of sp³-hybridized carbons (Fsp3) is 0.235. The second-order valence-electron chi connectivity index (χ2n) is 5.67. The average Bonchev–Trinajstić information content (AvgIpc) is 3.29. The summed E-state index contributed by atoms with van der Waals surface area (Å²) in [6.07, 6.45) is 3.84. The van der Waals surface area contributed by atoms with Gasteiger partial charge in [-0.3, -0.25) is 9.48 Å². The van der Waals surface area contributed by atoms with Crippen LogP contribution in [0.25, 0.3) is 22.3 Å². The van der Waals surface area contributed by atoms with Gasteiger partial charge in [0.25, 0.3) is 5.91 Å². The lowest BCUT2D eigenvalue weighted by molar-refractivity contribution is 0.0952. The molecule has 0 unspecified atom stereocenters. The molecule has 0 saturated heterocycles. The van der Waals surface area contributed by atoms with Crippen molar-refractivity contribution in [3.05, 3.63) is 48.2 Å². The molecule has 22 heavy (non-hydrogen) atoms. The van der Waals surface area contributed by atoms with Gasteiger partial charge in [0.15, 0.2) is 5.65 Å². The zero-order chi connectivity index (χ0) is 15.1. The van der Waals surface area contributed by atoms with Gasteiger partial charge in [-0.25, -0.2) is 4.98 Å². The van der Waals surface area contributed by atoms with Crippen molar-refractivity contribution in [3.8, 4) is 11.3 Å². The second-order valence-corrected chi connectivity index (χ2v) is 5.67. The van der Waals surface area contributed by atoms with Gasteiger partial charge in [0.05, 0.1) is 22.8 Å². The highest BCUT2D eigenvalue weighted by Gasteiger charge is 2.25. The summed E-state index contributed by atoms with van der Waals surface area (Å²) in [6, 6.07) is 12.1. The van der Waals surface area contributed by atoms with Gasteiger partial charge >= 0.3 is 0 Å². The molecule has 1 saturated carbocycles. The molecule has 4 rings (SSSR count). The van der Waals surface area contributed by atoms with Crippen LogP contribution in [0, 0.1) is 0 Å². The standard InChI is InChI=1S/C17H16N4O/c1-21-16-14(10-18-21)13(17(22)19-12-7-8-12)9-15(20-16)11-5-3-2-4-6-11/h2-6,9-10,12H,7-8H2,1H3,(H,19,22). The third-order valence-corrected chi connectivity index (χ3v) is 3.93. The fourth-order valence-electron chi connectivity index (χ4n) is 2.55. The van der Waals surface area contributed by atoms with Gasteiger partial charge in [-0.15, -0.1) is 0 Å². The monoisotopic (exact) mass is 292 g/mol. The van der Waals surface area contributed by atoms with Crippen molar-refractivity contribution < 1.29 is 4.79 Å². The molecule has 1 aliphatic carbocycles. The Morgan fingerprint density at radius 2 is 2.05 bits per heavy atom. The van der Waals surface area contributed by atoms with E-state index in [9.17, 15) is 4.79 Å². The zero-order valence-corrected chi connectivity index (χ0v) is 12.3. The largest absolute Gasteiger partial charge is 0.349 e. The molecule has 0 radical (unpaired) electrons. The molecule has 1 N–H and O–H groups in total. The number of aromatic nitrogens is 3. The van der Waals surface area contributed by atoms with Crippen molar-refractivity contribution in [2.75, 3.05) is 0 Å². The summed E-state index contributed by atoms with van der Waals surface area (Å²) in [6.45, 7) is 0. The first-order valence-corrected chi connectivity index (χ1v) is 7.41. The van der Waals surface area contributed by atoms with E-state index in [2.05, 4.69) is 15.4 Å². The third kappa shape index (κ3) is 2.24. The molecule has 3 aromatic rings. The van der Waals surface area contributed by atoms with E-state index < -0.39 is 0 Å². The minimum atomic E-state index is -0.0416. The minimum absolute atomic E-state index is 0.0416. The highest BCUT2D eigenvalue weighted by molar-refractivity contribution is 6.06. The van der Waals surface area contributed by atoms with Crippen LogP contribution in [-0.4, -0.2) is 26.7 Å². The van der Waals surface area contributed by atoms with E-state index in [0.29, 0.717) is 11.6 Å². The molecular formula is C17H16N4O. The Morgan fingerprint density at radius 3 is 2.77 bits per heavy atom. The van der Waals surface area contributed by atoms with Crippen molar-refractivity contribution in [1.82, 2.24) is 20.1 Å². The molecule has 1 amide bonds. The minimum Gasteiger partial charge on any atom is -0.349 e. The number of hydrogen-bond acceptors (Lipinski definition) is 3. The zero-order valence-electron chi connectivity index (χ0n) is 12.3. The van der Waals surface area contributed by atoms with Crippen molar-refractivity contribution in [1.29, 1.82) is 0 Å². The van der Waals surface area contributed by atoms with Crippen LogP contribution >= 0.6 is 0 Å². The molecule has 5 heteroatoms. The fourth-order valence-corrected chi connectivity index (χ4v) is 2.55. The van der Waals surface area contributed by atoms with Crippen LogP contribution < -0.4 is 5.32 Å². The Morgan fingerprint density at radius 1 is 1.27 bits per heavy atom. The highest BCUT2D eigenvalue weighted by atomic mass is 16.1. The third-order valence-electron chi connectivity index (χ3n) is 3.93. The molecule has 1 aromatic carbocycles. The second kappa shape index (κ2) is 4.94. The van der Waals surface area contributed by atoms with Gasteiger partial charge in [-0.1, -0.05) is 30.3 Å². The summed E-state index contributed by atoms with van der Waals surface area (Å²) in [5.74, 6) is -0.0416. The quantitative estimate of drug-likeness (QED) is 0.807. The van der Waals surface area contributed by atoms with E-state index >= 15 is 0 Å². The molecule has 0 atom stereocenters. The number of carbonyl (C=O) groups is 1. The maximum atomic E-state index is 12.5. The van der Waals surface area contributed by atoms with E-state index in [0.717, 1.165) is 35.1 Å². The summed E-state index contributed by atoms with van der Waals surface area (Å²) in [7, 11) is 1.84. The Kier molecular flexibility index (Phi) is 2.92. The van der Waals surface area contributed by atoms with Gasteiger partial charge in [0.2, 0.25) is 0 Å². The number of amides is 1. The van der Waals surface area contributed by atoms with Crippen LogP contribution in [0.2, 0.25) is 0 Å². The van der Waals surface area contributed by atoms with Gasteiger partial charge in [0.1, 0.15) is 0 Å². The van der Waals surface area contributed by atoms with Crippen LogP contribution in [0.5, 0.6) is 0 Å². The highest BCUT2D eigenvalue weighted by Crippen LogP contribution is 2.26. The summed E-state index contributed by atoms with van der Waals surface area (Å²) < 4.78 is 1.70. The topological polar surface area (TPSA) is 59.8 Å². The molecule has 2 aromatic heterocycles. The summed E-state index contributed by atoms with van der Waals surface area (Å²) >= 11 is 0. The Labute approximate surface area is 128 Å². The van der Waals surface area contributed by atoms with Crippen molar-refractivity contribution in [2.45, 2.75) is 18.9 Å². The Balaban J connectivity index is 1.88.